The Morgan fingerprint density at radius 2 is 1.83 bits per heavy atom. The number of nitrogens with one attached hydrogen (secondary N) is 2. The molecule has 0 aromatic heterocycles. The molecule has 0 aliphatic rings. The van der Waals surface area contributed by atoms with Crippen molar-refractivity contribution < 1.29 is 23.5 Å². The van der Waals surface area contributed by atoms with Gasteiger partial charge in [-0.3, -0.25) is 9.59 Å². The molecule has 9 heteroatoms. The zero-order valence-electron chi connectivity index (χ0n) is 18.9. The highest BCUT2D eigenvalue weighted by Gasteiger charge is 2.16. The number of ether oxygens (including phenoxy) is 2. The van der Waals surface area contributed by atoms with Gasteiger partial charge < -0.3 is 20.1 Å². The smallest absolute Gasteiger partial charge is 0.266 e. The third-order valence-electron chi connectivity index (χ3n) is 4.80. The molecular formula is C26H21ClFN3O4. The average Bonchev–Trinajstić information content (AvgIpc) is 2.84. The van der Waals surface area contributed by atoms with Crippen LogP contribution in [0.25, 0.3) is 6.08 Å². The molecule has 0 unspecified atom stereocenters. The van der Waals surface area contributed by atoms with E-state index < -0.39 is 11.7 Å². The van der Waals surface area contributed by atoms with E-state index in [4.69, 9.17) is 21.1 Å². The maximum Gasteiger partial charge on any atom is 0.266 e. The molecule has 0 aliphatic heterocycles. The minimum absolute atomic E-state index is 0.121. The van der Waals surface area contributed by atoms with Gasteiger partial charge in [-0.2, -0.15) is 5.26 Å². The lowest BCUT2D eigenvalue weighted by Crippen LogP contribution is -2.21. The number of amides is 2. The Morgan fingerprint density at radius 1 is 1.11 bits per heavy atom. The van der Waals surface area contributed by atoms with Crippen LogP contribution in [0.1, 0.15) is 11.1 Å². The van der Waals surface area contributed by atoms with Gasteiger partial charge in [0, 0.05) is 11.4 Å². The Morgan fingerprint density at radius 3 is 2.49 bits per heavy atom. The molecule has 0 heterocycles. The lowest BCUT2D eigenvalue weighted by Gasteiger charge is -2.14. The Balaban J connectivity index is 1.74. The molecule has 3 aromatic carbocycles. The van der Waals surface area contributed by atoms with Gasteiger partial charge in [0.1, 0.15) is 17.5 Å². The van der Waals surface area contributed by atoms with Crippen molar-refractivity contribution in [2.75, 3.05) is 24.4 Å². The van der Waals surface area contributed by atoms with Crippen LogP contribution in [0, 0.1) is 24.1 Å². The van der Waals surface area contributed by atoms with E-state index >= 15 is 0 Å². The van der Waals surface area contributed by atoms with Crippen LogP contribution < -0.4 is 20.1 Å². The normalized spacial score (nSPS) is 10.8. The fraction of sp³-hybridized carbons (Fsp3) is 0.115. The van der Waals surface area contributed by atoms with Crippen LogP contribution in [0.5, 0.6) is 11.5 Å². The van der Waals surface area contributed by atoms with Crippen molar-refractivity contribution in [1.29, 1.82) is 5.26 Å². The summed E-state index contributed by atoms with van der Waals surface area (Å²) in [5, 5.41) is 14.8. The summed E-state index contributed by atoms with van der Waals surface area (Å²) in [6.07, 6.45) is 1.32. The summed E-state index contributed by atoms with van der Waals surface area (Å²) in [5.41, 5.74) is 2.10. The number of benzene rings is 3. The van der Waals surface area contributed by atoms with Gasteiger partial charge in [-0.15, -0.1) is 0 Å². The number of hydrogen-bond donors (Lipinski definition) is 2. The number of nitriles is 1. The van der Waals surface area contributed by atoms with Gasteiger partial charge in [0.25, 0.3) is 11.8 Å². The Labute approximate surface area is 206 Å². The number of nitrogens with zero attached hydrogens (tertiary/aromatic N) is 1. The SMILES string of the molecule is COc1cc(/C=C(\C#N)C(=O)Nc2ccc(F)cc2)cc(Cl)c1OCC(=O)Nc1ccccc1C. The first-order valence-electron chi connectivity index (χ1n) is 10.3. The maximum atomic E-state index is 13.1. The van der Waals surface area contributed by atoms with E-state index in [1.807, 2.05) is 31.2 Å². The first-order chi connectivity index (χ1) is 16.8. The first-order valence-corrected chi connectivity index (χ1v) is 10.7. The molecule has 0 saturated carbocycles. The van der Waals surface area contributed by atoms with Gasteiger partial charge >= 0.3 is 0 Å². The predicted octanol–water partition coefficient (Wildman–Crippen LogP) is 5.36. The number of halogens is 2. The molecule has 35 heavy (non-hydrogen) atoms. The standard InChI is InChI=1S/C26H21ClFN3O4/c1-16-5-3-4-6-22(16)31-24(32)15-35-25-21(27)12-17(13-23(25)34-2)11-18(14-29)26(33)30-20-9-7-19(28)8-10-20/h3-13H,15H2,1-2H3,(H,30,33)(H,31,32)/b18-11+. The summed E-state index contributed by atoms with van der Waals surface area (Å²) >= 11 is 6.35. The third-order valence-corrected chi connectivity index (χ3v) is 5.08. The molecule has 7 nitrogen and oxygen atoms in total. The quantitative estimate of drug-likeness (QED) is 0.325. The Hall–Kier alpha value is -4.35. The third kappa shape index (κ3) is 6.82. The molecular weight excluding hydrogens is 473 g/mol. The summed E-state index contributed by atoms with van der Waals surface area (Å²) in [7, 11) is 1.39. The monoisotopic (exact) mass is 493 g/mol. The van der Waals surface area contributed by atoms with Crippen LogP contribution in [-0.2, 0) is 9.59 Å². The highest BCUT2D eigenvalue weighted by atomic mass is 35.5. The molecule has 0 saturated heterocycles. The lowest BCUT2D eigenvalue weighted by molar-refractivity contribution is -0.118. The van der Waals surface area contributed by atoms with Gasteiger partial charge in [0.15, 0.2) is 18.1 Å². The van der Waals surface area contributed by atoms with Crippen molar-refractivity contribution in [3.63, 3.8) is 0 Å². The molecule has 3 aromatic rings. The fourth-order valence-electron chi connectivity index (χ4n) is 3.05. The number of hydrogen-bond acceptors (Lipinski definition) is 5. The molecule has 0 radical (unpaired) electrons. The summed E-state index contributed by atoms with van der Waals surface area (Å²) < 4.78 is 24.0. The second-order valence-corrected chi connectivity index (χ2v) is 7.72. The molecule has 0 bridgehead atoms. The van der Waals surface area contributed by atoms with E-state index in [1.54, 1.807) is 6.07 Å². The number of methoxy groups -OCH3 is 1. The largest absolute Gasteiger partial charge is 0.493 e. The van der Waals surface area contributed by atoms with Crippen LogP contribution in [0.3, 0.4) is 0 Å². The Kier molecular flexibility index (Phi) is 8.43. The van der Waals surface area contributed by atoms with Gasteiger partial charge in [0.05, 0.1) is 12.1 Å². The van der Waals surface area contributed by atoms with E-state index in [9.17, 15) is 19.2 Å². The number of carbonyl (C=O) groups excluding carboxylic acids is 2. The predicted molar refractivity (Wildman–Crippen MR) is 132 cm³/mol. The number of para-hydroxylation sites is 1. The van der Waals surface area contributed by atoms with Gasteiger partial charge in [-0.25, -0.2) is 4.39 Å². The first kappa shape index (κ1) is 25.3. The van der Waals surface area contributed by atoms with Crippen LogP contribution >= 0.6 is 11.6 Å². The molecule has 2 amide bonds. The summed E-state index contributed by atoms with van der Waals surface area (Å²) in [6, 6.07) is 17.3. The van der Waals surface area contributed by atoms with E-state index in [0.717, 1.165) is 5.56 Å². The molecule has 2 N–H and O–H groups in total. The summed E-state index contributed by atoms with van der Waals surface area (Å²) in [4.78, 5) is 24.8. The molecule has 3 rings (SSSR count). The van der Waals surface area contributed by atoms with E-state index in [2.05, 4.69) is 10.6 Å². The zero-order chi connectivity index (χ0) is 25.4. The van der Waals surface area contributed by atoms with Gasteiger partial charge in [0.2, 0.25) is 0 Å². The lowest BCUT2D eigenvalue weighted by atomic mass is 10.1. The number of rotatable bonds is 8. The van der Waals surface area contributed by atoms with Crippen molar-refractivity contribution in [1.82, 2.24) is 0 Å². The maximum absolute atomic E-state index is 13.1. The van der Waals surface area contributed by atoms with Crippen molar-refractivity contribution in [3.05, 3.63) is 88.2 Å². The van der Waals surface area contributed by atoms with E-state index in [-0.39, 0.29) is 34.6 Å². The highest BCUT2D eigenvalue weighted by Crippen LogP contribution is 2.37. The highest BCUT2D eigenvalue weighted by molar-refractivity contribution is 6.32. The van der Waals surface area contributed by atoms with Gasteiger partial charge in [-0.1, -0.05) is 29.8 Å². The van der Waals surface area contributed by atoms with Crippen LogP contribution in [0.2, 0.25) is 5.02 Å². The van der Waals surface area contributed by atoms with Crippen LogP contribution in [0.4, 0.5) is 15.8 Å². The minimum atomic E-state index is -0.678. The number of aryl methyl sites for hydroxylation is 1. The molecule has 0 aliphatic carbocycles. The fourth-order valence-corrected chi connectivity index (χ4v) is 3.32. The minimum Gasteiger partial charge on any atom is -0.493 e. The number of anilines is 2. The van der Waals surface area contributed by atoms with Crippen molar-refractivity contribution in [2.24, 2.45) is 0 Å². The molecule has 0 fully saturated rings. The van der Waals surface area contributed by atoms with Gasteiger partial charge in [-0.05, 0) is 66.6 Å². The second kappa shape index (κ2) is 11.7. The van der Waals surface area contributed by atoms with Crippen molar-refractivity contribution in [2.45, 2.75) is 6.92 Å². The topological polar surface area (TPSA) is 100 Å². The molecule has 0 spiro atoms. The van der Waals surface area contributed by atoms with Crippen LogP contribution in [0.15, 0.2) is 66.2 Å². The van der Waals surface area contributed by atoms with Crippen LogP contribution in [-0.4, -0.2) is 25.5 Å². The zero-order valence-corrected chi connectivity index (χ0v) is 19.7. The summed E-state index contributed by atoms with van der Waals surface area (Å²) in [5.74, 6) is -1.16. The Bertz CT molecular complexity index is 1320. The van der Waals surface area contributed by atoms with Crippen molar-refractivity contribution in [3.8, 4) is 17.6 Å². The van der Waals surface area contributed by atoms with Crippen molar-refractivity contribution >= 4 is 40.9 Å². The average molecular weight is 494 g/mol. The van der Waals surface area contributed by atoms with E-state index in [1.165, 1.54) is 49.6 Å². The number of carbonyl (C=O) groups is 2. The second-order valence-electron chi connectivity index (χ2n) is 7.32. The molecule has 178 valence electrons. The molecule has 0 atom stereocenters. The summed E-state index contributed by atoms with van der Waals surface area (Å²) in [6.45, 7) is 1.56. The van der Waals surface area contributed by atoms with E-state index in [0.29, 0.717) is 16.9 Å².